The number of nitrogens with one attached hydrogen (secondary N) is 3. The molecule has 3 rings (SSSR count). The van der Waals surface area contributed by atoms with E-state index in [-0.39, 0.29) is 18.1 Å². The van der Waals surface area contributed by atoms with Crippen molar-refractivity contribution >= 4 is 28.7 Å². The number of urea groups is 1. The topological polar surface area (TPSA) is 105 Å². The van der Waals surface area contributed by atoms with Gasteiger partial charge >= 0.3 is 18.2 Å². The van der Waals surface area contributed by atoms with Crippen LogP contribution in [0.2, 0.25) is 0 Å². The van der Waals surface area contributed by atoms with Gasteiger partial charge < -0.3 is 25.1 Å². The van der Waals surface area contributed by atoms with Crippen LogP contribution in [-0.4, -0.2) is 42.7 Å². The number of H-pyrrole nitrogens is 1. The largest absolute Gasteiger partial charge is 0.496 e. The number of halogens is 3. The molecule has 0 aliphatic carbocycles. The highest BCUT2D eigenvalue weighted by Crippen LogP contribution is 2.41. The van der Waals surface area contributed by atoms with Crippen LogP contribution >= 0.6 is 0 Å². The first-order valence-electron chi connectivity index (χ1n) is 9.09. The molecule has 11 heteroatoms. The van der Waals surface area contributed by atoms with Gasteiger partial charge in [0.1, 0.15) is 11.3 Å². The summed E-state index contributed by atoms with van der Waals surface area (Å²) in [6, 6.07) is 8.13. The minimum Gasteiger partial charge on any atom is -0.496 e. The molecule has 8 nitrogen and oxygen atoms in total. The van der Waals surface area contributed by atoms with Gasteiger partial charge in [0.05, 0.1) is 30.9 Å². The number of alkyl halides is 3. The van der Waals surface area contributed by atoms with Crippen LogP contribution in [0.1, 0.15) is 21.7 Å². The molecule has 2 aromatic carbocycles. The van der Waals surface area contributed by atoms with Gasteiger partial charge in [-0.15, -0.1) is 0 Å². The third-order valence-corrected chi connectivity index (χ3v) is 4.40. The third kappa shape index (κ3) is 5.05. The molecule has 1 heterocycles. The average molecular weight is 436 g/mol. The summed E-state index contributed by atoms with van der Waals surface area (Å²) in [6.07, 6.45) is -4.29. The van der Waals surface area contributed by atoms with Crippen molar-refractivity contribution < 1.29 is 32.2 Å². The van der Waals surface area contributed by atoms with Crippen molar-refractivity contribution in [1.82, 2.24) is 15.3 Å². The number of benzene rings is 2. The zero-order valence-electron chi connectivity index (χ0n) is 16.6. The van der Waals surface area contributed by atoms with Crippen LogP contribution in [0.25, 0.3) is 11.0 Å². The number of hydrogen-bond donors (Lipinski definition) is 3. The summed E-state index contributed by atoms with van der Waals surface area (Å²) in [4.78, 5) is 30.6. The number of carbonyl (C=O) groups excluding carboxylic acids is 2. The van der Waals surface area contributed by atoms with Gasteiger partial charge in [0, 0.05) is 6.54 Å². The second kappa shape index (κ2) is 8.94. The van der Waals surface area contributed by atoms with Crippen LogP contribution in [0.3, 0.4) is 0 Å². The maximum absolute atomic E-state index is 13.3. The van der Waals surface area contributed by atoms with Crippen LogP contribution in [0.4, 0.5) is 23.7 Å². The number of imidazole rings is 1. The number of ether oxygens (including phenoxy) is 2. The normalized spacial score (nSPS) is 11.3. The summed E-state index contributed by atoms with van der Waals surface area (Å²) in [5.41, 5.74) is 0.559. The highest BCUT2D eigenvalue weighted by Gasteiger charge is 2.37. The zero-order valence-corrected chi connectivity index (χ0v) is 16.6. The Morgan fingerprint density at radius 1 is 1.16 bits per heavy atom. The first-order chi connectivity index (χ1) is 14.7. The number of rotatable bonds is 6. The SMILES string of the molecule is COC(=O)c1nc2ccc(CCNC(=O)Nc3cccc(OC)c3C(F)(F)F)cc2[nH]1. The second-order valence-corrected chi connectivity index (χ2v) is 6.44. The number of amides is 2. The lowest BCUT2D eigenvalue weighted by atomic mass is 10.1. The fourth-order valence-corrected chi connectivity index (χ4v) is 2.99. The van der Waals surface area contributed by atoms with E-state index >= 15 is 0 Å². The number of hydrogen-bond acceptors (Lipinski definition) is 5. The van der Waals surface area contributed by atoms with Crippen LogP contribution in [-0.2, 0) is 17.3 Å². The summed E-state index contributed by atoms with van der Waals surface area (Å²) in [7, 11) is 2.37. The Balaban J connectivity index is 1.63. The summed E-state index contributed by atoms with van der Waals surface area (Å²) < 4.78 is 49.4. The van der Waals surface area contributed by atoms with Crippen molar-refractivity contribution in [3.8, 4) is 5.75 Å². The molecule has 3 N–H and O–H groups in total. The number of nitrogens with zero attached hydrogens (tertiary/aromatic N) is 1. The van der Waals surface area contributed by atoms with E-state index in [4.69, 9.17) is 4.74 Å². The van der Waals surface area contributed by atoms with Gasteiger partial charge in [-0.05, 0) is 36.2 Å². The maximum Gasteiger partial charge on any atom is 0.421 e. The lowest BCUT2D eigenvalue weighted by Gasteiger charge is -2.17. The molecule has 1 aromatic heterocycles. The van der Waals surface area contributed by atoms with E-state index in [0.29, 0.717) is 17.5 Å². The van der Waals surface area contributed by atoms with Gasteiger partial charge in [0.25, 0.3) is 0 Å². The predicted molar refractivity (Wildman–Crippen MR) is 106 cm³/mol. The molecule has 0 radical (unpaired) electrons. The standard InChI is InChI=1S/C20H19F3N4O4/c1-30-15-5-3-4-13(16(15)20(21,22)23)27-19(29)24-9-8-11-6-7-12-14(10-11)26-17(25-12)18(28)31-2/h3-7,10H,8-9H2,1-2H3,(H,25,26)(H2,24,27,29). The molecule has 31 heavy (non-hydrogen) atoms. The fraction of sp³-hybridized carbons (Fsp3) is 0.250. The van der Waals surface area contributed by atoms with Crippen molar-refractivity contribution in [2.24, 2.45) is 0 Å². The molecule has 0 aliphatic heterocycles. The van der Waals surface area contributed by atoms with E-state index in [1.165, 1.54) is 19.2 Å². The summed E-state index contributed by atoms with van der Waals surface area (Å²) in [5, 5.41) is 4.73. The first-order valence-corrected chi connectivity index (χ1v) is 9.09. The Morgan fingerprint density at radius 2 is 1.94 bits per heavy atom. The van der Waals surface area contributed by atoms with Crippen LogP contribution in [0.15, 0.2) is 36.4 Å². The lowest BCUT2D eigenvalue weighted by molar-refractivity contribution is -0.138. The molecule has 0 unspecified atom stereocenters. The van der Waals surface area contributed by atoms with E-state index in [1.54, 1.807) is 18.2 Å². The van der Waals surface area contributed by atoms with Crippen molar-refractivity contribution in [2.45, 2.75) is 12.6 Å². The van der Waals surface area contributed by atoms with Crippen molar-refractivity contribution in [1.29, 1.82) is 0 Å². The van der Waals surface area contributed by atoms with E-state index in [2.05, 4.69) is 25.3 Å². The van der Waals surface area contributed by atoms with Crippen molar-refractivity contribution in [2.75, 3.05) is 26.1 Å². The maximum atomic E-state index is 13.3. The van der Waals surface area contributed by atoms with Gasteiger partial charge in [-0.3, -0.25) is 0 Å². The van der Waals surface area contributed by atoms with E-state index < -0.39 is 29.4 Å². The van der Waals surface area contributed by atoms with E-state index in [1.807, 2.05) is 0 Å². The monoisotopic (exact) mass is 436 g/mol. The van der Waals surface area contributed by atoms with E-state index in [9.17, 15) is 22.8 Å². The minimum atomic E-state index is -4.70. The number of fused-ring (bicyclic) bond motifs is 1. The van der Waals surface area contributed by atoms with Crippen LogP contribution in [0, 0.1) is 0 Å². The number of aromatic amines is 1. The van der Waals surface area contributed by atoms with Crippen LogP contribution < -0.4 is 15.4 Å². The molecular formula is C20H19F3N4O4. The Labute approximate surface area is 174 Å². The fourth-order valence-electron chi connectivity index (χ4n) is 2.99. The van der Waals surface area contributed by atoms with Gasteiger partial charge in [0.2, 0.25) is 5.82 Å². The van der Waals surface area contributed by atoms with Crippen LogP contribution in [0.5, 0.6) is 5.75 Å². The summed E-state index contributed by atoms with van der Waals surface area (Å²) >= 11 is 0. The smallest absolute Gasteiger partial charge is 0.421 e. The second-order valence-electron chi connectivity index (χ2n) is 6.44. The predicted octanol–water partition coefficient (Wildman–Crippen LogP) is 3.74. The Bertz CT molecular complexity index is 1110. The molecule has 0 saturated carbocycles. The molecule has 0 saturated heterocycles. The third-order valence-electron chi connectivity index (χ3n) is 4.40. The Hall–Kier alpha value is -3.76. The highest BCUT2D eigenvalue weighted by atomic mass is 19.4. The van der Waals surface area contributed by atoms with Gasteiger partial charge in [-0.25, -0.2) is 14.6 Å². The van der Waals surface area contributed by atoms with Gasteiger partial charge in [0.15, 0.2) is 0 Å². The van der Waals surface area contributed by atoms with Gasteiger partial charge in [-0.2, -0.15) is 13.2 Å². The van der Waals surface area contributed by atoms with E-state index in [0.717, 1.165) is 18.7 Å². The van der Waals surface area contributed by atoms with Crippen molar-refractivity contribution in [3.63, 3.8) is 0 Å². The Morgan fingerprint density at radius 3 is 2.61 bits per heavy atom. The zero-order chi connectivity index (χ0) is 22.6. The molecule has 164 valence electrons. The molecule has 0 spiro atoms. The summed E-state index contributed by atoms with van der Waals surface area (Å²) in [5.74, 6) is -0.901. The number of carbonyl (C=O) groups is 2. The lowest BCUT2D eigenvalue weighted by Crippen LogP contribution is -2.31. The number of anilines is 1. The molecule has 0 atom stereocenters. The highest BCUT2D eigenvalue weighted by molar-refractivity contribution is 5.91. The summed E-state index contributed by atoms with van der Waals surface area (Å²) in [6.45, 7) is 0.167. The molecular weight excluding hydrogens is 417 g/mol. The molecule has 0 aliphatic rings. The molecule has 0 fully saturated rings. The van der Waals surface area contributed by atoms with Gasteiger partial charge in [-0.1, -0.05) is 12.1 Å². The molecule has 3 aromatic rings. The van der Waals surface area contributed by atoms with Crippen molar-refractivity contribution in [3.05, 3.63) is 53.3 Å². The first kappa shape index (κ1) is 21.9. The number of aromatic nitrogens is 2. The molecule has 2 amide bonds. The molecule has 0 bridgehead atoms. The quantitative estimate of drug-likeness (QED) is 0.511. The number of esters is 1. The number of methoxy groups -OCH3 is 2. The minimum absolute atomic E-state index is 0.0749. The Kier molecular flexibility index (Phi) is 6.33. The average Bonchev–Trinajstić information content (AvgIpc) is 3.15.